The van der Waals surface area contributed by atoms with Crippen molar-refractivity contribution in [3.05, 3.63) is 63.6 Å². The van der Waals surface area contributed by atoms with Gasteiger partial charge in [-0.05, 0) is 61.4 Å². The van der Waals surface area contributed by atoms with Gasteiger partial charge in [-0.25, -0.2) is 8.42 Å². The van der Waals surface area contributed by atoms with E-state index in [1.54, 1.807) is 24.3 Å². The lowest BCUT2D eigenvalue weighted by Gasteiger charge is -2.26. The van der Waals surface area contributed by atoms with Gasteiger partial charge in [-0.2, -0.15) is 0 Å². The van der Waals surface area contributed by atoms with Gasteiger partial charge in [0, 0.05) is 28.1 Å². The van der Waals surface area contributed by atoms with E-state index in [0.29, 0.717) is 18.1 Å². The minimum Gasteiger partial charge on any atom is -0.340 e. The Morgan fingerprint density at radius 2 is 1.50 bits per heavy atom. The summed E-state index contributed by atoms with van der Waals surface area (Å²) in [6, 6.07) is 12.0. The predicted molar refractivity (Wildman–Crippen MR) is 119 cm³/mol. The van der Waals surface area contributed by atoms with Crippen LogP contribution in [0.2, 0.25) is 5.02 Å². The Bertz CT molecular complexity index is 1000. The first kappa shape index (κ1) is 22.8. The van der Waals surface area contributed by atoms with Crippen LogP contribution in [0.1, 0.15) is 36.0 Å². The number of benzene rings is 2. The Kier molecular flexibility index (Phi) is 7.55. The van der Waals surface area contributed by atoms with Crippen molar-refractivity contribution < 1.29 is 18.0 Å². The molecule has 9 heteroatoms. The second kappa shape index (κ2) is 9.94. The molecule has 2 amide bonds. The van der Waals surface area contributed by atoms with Crippen molar-refractivity contribution in [2.45, 2.75) is 36.0 Å². The molecule has 1 saturated heterocycles. The highest BCUT2D eigenvalue weighted by atomic mass is 79.9. The molecule has 30 heavy (non-hydrogen) atoms. The molecule has 1 heterocycles. The summed E-state index contributed by atoms with van der Waals surface area (Å²) in [5, 5.41) is 1.12. The van der Waals surface area contributed by atoms with Crippen LogP contribution in [0.3, 0.4) is 0 Å². The molecule has 1 fully saturated rings. The Morgan fingerprint density at radius 1 is 0.933 bits per heavy atom. The van der Waals surface area contributed by atoms with Crippen molar-refractivity contribution in [2.75, 3.05) is 13.1 Å². The lowest BCUT2D eigenvalue weighted by molar-refractivity contribution is -0.131. The van der Waals surface area contributed by atoms with Gasteiger partial charge >= 0.3 is 0 Å². The third-order valence-electron chi connectivity index (χ3n) is 4.96. The number of hydrogen-bond acceptors (Lipinski definition) is 4. The summed E-state index contributed by atoms with van der Waals surface area (Å²) < 4.78 is 27.4. The summed E-state index contributed by atoms with van der Waals surface area (Å²) >= 11 is 9.17. The van der Waals surface area contributed by atoms with Crippen molar-refractivity contribution in [1.29, 1.82) is 0 Å². The van der Waals surface area contributed by atoms with Gasteiger partial charge in [-0.15, -0.1) is 0 Å². The molecular formula is C21H22BrClN2O4S. The first-order valence-electron chi connectivity index (χ1n) is 9.64. The van der Waals surface area contributed by atoms with Crippen molar-refractivity contribution in [3.8, 4) is 0 Å². The minimum atomic E-state index is -4.18. The highest BCUT2D eigenvalue weighted by molar-refractivity contribution is 9.10. The van der Waals surface area contributed by atoms with Crippen LogP contribution in [-0.4, -0.2) is 43.6 Å². The lowest BCUT2D eigenvalue weighted by atomic mass is 10.2. The molecule has 0 saturated carbocycles. The zero-order chi connectivity index (χ0) is 21.7. The molecule has 2 aromatic carbocycles. The van der Waals surface area contributed by atoms with Crippen LogP contribution in [0.25, 0.3) is 0 Å². The number of carbonyl (C=O) groups is 2. The smallest absolute Gasteiger partial charge is 0.261 e. The number of nitrogens with zero attached hydrogens (tertiary/aromatic N) is 1. The quantitative estimate of drug-likeness (QED) is 0.654. The molecule has 1 atom stereocenters. The maximum absolute atomic E-state index is 13.3. The van der Waals surface area contributed by atoms with Crippen LogP contribution >= 0.6 is 27.5 Å². The summed E-state index contributed by atoms with van der Waals surface area (Å²) in [7, 11) is -4.18. The van der Waals surface area contributed by atoms with E-state index < -0.39 is 27.0 Å². The summed E-state index contributed by atoms with van der Waals surface area (Å²) in [5.74, 6) is -1.24. The van der Waals surface area contributed by atoms with Gasteiger partial charge in [0.05, 0.1) is 4.90 Å². The summed E-state index contributed by atoms with van der Waals surface area (Å²) in [6.45, 7) is 0.944. The number of amides is 2. The second-order valence-corrected chi connectivity index (χ2v) is 10.5. The van der Waals surface area contributed by atoms with Crippen LogP contribution in [0, 0.1) is 0 Å². The number of halogens is 2. The van der Waals surface area contributed by atoms with Crippen molar-refractivity contribution in [3.63, 3.8) is 0 Å². The molecule has 0 radical (unpaired) electrons. The van der Waals surface area contributed by atoms with Crippen molar-refractivity contribution in [1.82, 2.24) is 10.2 Å². The zero-order valence-corrected chi connectivity index (χ0v) is 19.3. The molecule has 1 N–H and O–H groups in total. The monoisotopic (exact) mass is 512 g/mol. The van der Waals surface area contributed by atoms with E-state index in [1.165, 1.54) is 29.2 Å². The Hall–Kier alpha value is -1.90. The van der Waals surface area contributed by atoms with Gasteiger partial charge in [0.15, 0.2) is 0 Å². The SMILES string of the molecule is O=C(NC(C(=O)N1CCCCCC1)S(=O)(=O)c1ccc(Cl)cc1)c1ccc(Br)cc1. The highest BCUT2D eigenvalue weighted by Crippen LogP contribution is 2.21. The van der Waals surface area contributed by atoms with E-state index in [4.69, 9.17) is 11.6 Å². The number of sulfone groups is 1. The lowest BCUT2D eigenvalue weighted by Crippen LogP contribution is -2.52. The molecule has 0 aromatic heterocycles. The fraction of sp³-hybridized carbons (Fsp3) is 0.333. The average Bonchev–Trinajstić information content (AvgIpc) is 3.01. The topological polar surface area (TPSA) is 83.6 Å². The van der Waals surface area contributed by atoms with Crippen LogP contribution in [-0.2, 0) is 14.6 Å². The Labute approximate surface area is 189 Å². The largest absolute Gasteiger partial charge is 0.340 e. The fourth-order valence-corrected chi connectivity index (χ4v) is 5.15. The molecule has 0 spiro atoms. The van der Waals surface area contributed by atoms with Gasteiger partial charge in [-0.1, -0.05) is 40.4 Å². The fourth-order valence-electron chi connectivity index (χ4n) is 3.29. The number of likely N-dealkylation sites (tertiary alicyclic amines) is 1. The number of carbonyl (C=O) groups excluding carboxylic acids is 2. The molecule has 0 aliphatic carbocycles. The van der Waals surface area contributed by atoms with E-state index in [0.717, 1.165) is 30.2 Å². The zero-order valence-electron chi connectivity index (χ0n) is 16.2. The van der Waals surface area contributed by atoms with E-state index in [2.05, 4.69) is 21.2 Å². The number of rotatable bonds is 5. The minimum absolute atomic E-state index is 0.0730. The van der Waals surface area contributed by atoms with Crippen LogP contribution in [0.4, 0.5) is 0 Å². The normalized spacial score (nSPS) is 15.9. The first-order chi connectivity index (χ1) is 14.3. The van der Waals surface area contributed by atoms with Gasteiger partial charge in [0.2, 0.25) is 15.2 Å². The summed E-state index contributed by atoms with van der Waals surface area (Å²) in [6.07, 6.45) is 3.59. The van der Waals surface area contributed by atoms with E-state index in [1.807, 2.05) is 0 Å². The summed E-state index contributed by atoms with van der Waals surface area (Å²) in [4.78, 5) is 27.5. The highest BCUT2D eigenvalue weighted by Gasteiger charge is 2.38. The molecule has 3 rings (SSSR count). The predicted octanol–water partition coefficient (Wildman–Crippen LogP) is 4.03. The molecule has 6 nitrogen and oxygen atoms in total. The second-order valence-electron chi connectivity index (χ2n) is 7.10. The molecule has 1 unspecified atom stereocenters. The maximum atomic E-state index is 13.3. The third kappa shape index (κ3) is 5.42. The van der Waals surface area contributed by atoms with Crippen LogP contribution in [0.15, 0.2) is 57.9 Å². The van der Waals surface area contributed by atoms with E-state index in [9.17, 15) is 18.0 Å². The van der Waals surface area contributed by atoms with Crippen molar-refractivity contribution >= 4 is 49.2 Å². The van der Waals surface area contributed by atoms with Crippen molar-refractivity contribution in [2.24, 2.45) is 0 Å². The molecular weight excluding hydrogens is 492 g/mol. The average molecular weight is 514 g/mol. The molecule has 0 bridgehead atoms. The van der Waals surface area contributed by atoms with Crippen LogP contribution < -0.4 is 5.32 Å². The van der Waals surface area contributed by atoms with Gasteiger partial charge < -0.3 is 10.2 Å². The summed E-state index contributed by atoms with van der Waals surface area (Å²) in [5.41, 5.74) is 0.262. The Balaban J connectivity index is 1.94. The van der Waals surface area contributed by atoms with E-state index >= 15 is 0 Å². The molecule has 1 aliphatic heterocycles. The number of nitrogens with one attached hydrogen (secondary N) is 1. The van der Waals surface area contributed by atoms with E-state index in [-0.39, 0.29) is 10.5 Å². The molecule has 1 aliphatic rings. The van der Waals surface area contributed by atoms with Gasteiger partial charge in [0.1, 0.15) is 0 Å². The van der Waals surface area contributed by atoms with Gasteiger partial charge in [-0.3, -0.25) is 9.59 Å². The Morgan fingerprint density at radius 3 is 2.07 bits per heavy atom. The van der Waals surface area contributed by atoms with Crippen LogP contribution in [0.5, 0.6) is 0 Å². The molecule has 2 aromatic rings. The van der Waals surface area contributed by atoms with Gasteiger partial charge in [0.25, 0.3) is 11.8 Å². The standard InChI is InChI=1S/C21H22BrClN2O4S/c22-16-7-5-15(6-8-16)19(26)24-20(21(27)25-13-3-1-2-4-14-25)30(28,29)18-11-9-17(23)10-12-18/h5-12,20H,1-4,13-14H2,(H,24,26). The third-order valence-corrected chi connectivity index (χ3v) is 7.61. The number of hydrogen-bond donors (Lipinski definition) is 1. The first-order valence-corrected chi connectivity index (χ1v) is 12.4. The maximum Gasteiger partial charge on any atom is 0.261 e. The molecule has 160 valence electrons.